The van der Waals surface area contributed by atoms with Crippen LogP contribution < -0.4 is 0 Å². The van der Waals surface area contributed by atoms with E-state index in [1.807, 2.05) is 0 Å². The van der Waals surface area contributed by atoms with E-state index >= 15 is 0 Å². The van der Waals surface area contributed by atoms with Gasteiger partial charge in [-0.25, -0.2) is 4.79 Å². The number of nitrogens with zero attached hydrogens (tertiary/aromatic N) is 1. The highest BCUT2D eigenvalue weighted by Crippen LogP contribution is 2.36. The van der Waals surface area contributed by atoms with Crippen molar-refractivity contribution < 1.29 is 19.7 Å². The predicted molar refractivity (Wildman–Crippen MR) is 81.4 cm³/mol. The van der Waals surface area contributed by atoms with Crippen LogP contribution in [0.5, 0.6) is 5.75 Å². The van der Waals surface area contributed by atoms with E-state index in [-0.39, 0.29) is 11.9 Å². The summed E-state index contributed by atoms with van der Waals surface area (Å²) < 4.78 is 5.59. The van der Waals surface area contributed by atoms with Crippen LogP contribution in [0, 0.1) is 0 Å². The van der Waals surface area contributed by atoms with Gasteiger partial charge >= 0.3 is 5.97 Å². The van der Waals surface area contributed by atoms with E-state index in [2.05, 4.69) is 11.9 Å². The number of fused-ring (bicyclic) bond motifs is 2. The number of hydrogen-bond donors (Lipinski definition) is 2. The van der Waals surface area contributed by atoms with Crippen molar-refractivity contribution >= 4 is 5.97 Å². The molecule has 2 aliphatic rings. The predicted octanol–water partition coefficient (Wildman–Crippen LogP) is 1.77. The Labute approximate surface area is 130 Å². The molecular formula is C17H23NO4. The van der Waals surface area contributed by atoms with Crippen LogP contribution in [0.1, 0.15) is 38.2 Å². The number of esters is 1. The number of phenols is 1. The number of phenolic OH excluding ortho intramolecular Hbond substituents is 1. The average Bonchev–Trinajstić information content (AvgIpc) is 2.70. The van der Waals surface area contributed by atoms with Gasteiger partial charge in [-0.05, 0) is 57.4 Å². The first-order valence-electron chi connectivity index (χ1n) is 7.83. The van der Waals surface area contributed by atoms with Gasteiger partial charge in [0.2, 0.25) is 0 Å². The van der Waals surface area contributed by atoms with Crippen LogP contribution in [0.15, 0.2) is 24.3 Å². The molecule has 0 amide bonds. The van der Waals surface area contributed by atoms with E-state index < -0.39 is 11.6 Å². The first-order valence-corrected chi connectivity index (χ1v) is 7.83. The van der Waals surface area contributed by atoms with Gasteiger partial charge in [-0.2, -0.15) is 0 Å². The number of aromatic hydroxyl groups is 1. The molecule has 4 atom stereocenters. The lowest BCUT2D eigenvalue weighted by molar-refractivity contribution is -0.173. The van der Waals surface area contributed by atoms with E-state index in [1.165, 1.54) is 31.2 Å². The molecule has 0 saturated carbocycles. The van der Waals surface area contributed by atoms with Crippen molar-refractivity contribution in [2.45, 2.75) is 56.4 Å². The van der Waals surface area contributed by atoms with Crippen LogP contribution in [0.3, 0.4) is 0 Å². The molecule has 2 saturated heterocycles. The highest BCUT2D eigenvalue weighted by Gasteiger charge is 2.42. The summed E-state index contributed by atoms with van der Waals surface area (Å²) in [5.74, 6) is -0.521. The molecule has 22 heavy (non-hydrogen) atoms. The Hall–Kier alpha value is -1.59. The first-order chi connectivity index (χ1) is 10.4. The van der Waals surface area contributed by atoms with Gasteiger partial charge in [0.1, 0.15) is 11.9 Å². The Bertz CT molecular complexity index is 540. The number of piperidine rings is 1. The third-order valence-corrected chi connectivity index (χ3v) is 5.16. The summed E-state index contributed by atoms with van der Waals surface area (Å²) in [6.45, 7) is 1.44. The minimum atomic E-state index is -1.70. The Balaban J connectivity index is 1.67. The topological polar surface area (TPSA) is 70.0 Å². The van der Waals surface area contributed by atoms with Crippen LogP contribution in [-0.2, 0) is 15.1 Å². The van der Waals surface area contributed by atoms with E-state index in [9.17, 15) is 15.0 Å². The van der Waals surface area contributed by atoms with Crippen molar-refractivity contribution in [3.05, 3.63) is 29.8 Å². The summed E-state index contributed by atoms with van der Waals surface area (Å²) >= 11 is 0. The lowest BCUT2D eigenvalue weighted by Gasteiger charge is -2.36. The molecule has 1 aromatic rings. The molecule has 5 heteroatoms. The molecule has 0 radical (unpaired) electrons. The Morgan fingerprint density at radius 3 is 2.32 bits per heavy atom. The van der Waals surface area contributed by atoms with Crippen molar-refractivity contribution in [2.75, 3.05) is 7.05 Å². The van der Waals surface area contributed by atoms with Crippen molar-refractivity contribution in [1.82, 2.24) is 4.90 Å². The second-order valence-corrected chi connectivity index (χ2v) is 6.67. The lowest BCUT2D eigenvalue weighted by Crippen LogP contribution is -2.45. The van der Waals surface area contributed by atoms with Gasteiger partial charge < -0.3 is 19.8 Å². The van der Waals surface area contributed by atoms with Crippen molar-refractivity contribution in [1.29, 1.82) is 0 Å². The summed E-state index contributed by atoms with van der Waals surface area (Å²) in [5.41, 5.74) is -1.28. The quantitative estimate of drug-likeness (QED) is 0.833. The summed E-state index contributed by atoms with van der Waals surface area (Å²) in [6.07, 6.45) is 3.87. The summed E-state index contributed by atoms with van der Waals surface area (Å²) in [5, 5.41) is 19.8. The molecular weight excluding hydrogens is 282 g/mol. The normalized spacial score (nSPS) is 30.8. The van der Waals surface area contributed by atoms with Gasteiger partial charge in [0, 0.05) is 12.1 Å². The molecule has 1 aromatic carbocycles. The van der Waals surface area contributed by atoms with E-state index in [1.54, 1.807) is 0 Å². The minimum Gasteiger partial charge on any atom is -0.508 e. The zero-order valence-corrected chi connectivity index (χ0v) is 13.0. The van der Waals surface area contributed by atoms with Crippen LogP contribution in [0.4, 0.5) is 0 Å². The second-order valence-electron chi connectivity index (χ2n) is 6.67. The van der Waals surface area contributed by atoms with Crippen LogP contribution >= 0.6 is 0 Å². The van der Waals surface area contributed by atoms with E-state index in [0.717, 1.165) is 25.7 Å². The van der Waals surface area contributed by atoms with Gasteiger partial charge in [0.05, 0.1) is 0 Å². The SMILES string of the molecule is CN1[C@@H]2CC[C@H]1C[C@@H](OC(=O)C(C)(O)c1ccc(O)cc1)C2. The molecule has 2 fully saturated rings. The maximum Gasteiger partial charge on any atom is 0.342 e. The third kappa shape index (κ3) is 2.71. The molecule has 0 spiro atoms. The van der Waals surface area contributed by atoms with Crippen molar-refractivity contribution in [3.8, 4) is 5.75 Å². The largest absolute Gasteiger partial charge is 0.508 e. The number of hydrogen-bond acceptors (Lipinski definition) is 5. The van der Waals surface area contributed by atoms with Gasteiger partial charge in [-0.3, -0.25) is 0 Å². The fourth-order valence-electron chi connectivity index (χ4n) is 3.63. The molecule has 120 valence electrons. The molecule has 0 aromatic heterocycles. The van der Waals surface area contributed by atoms with Crippen LogP contribution in [0.2, 0.25) is 0 Å². The number of ether oxygens (including phenoxy) is 1. The number of aliphatic hydroxyl groups is 1. The standard InChI is InChI=1S/C17H23NO4/c1-17(21,11-3-7-14(19)8-4-11)16(20)22-15-9-12-5-6-13(10-15)18(12)2/h3-4,7-8,12-13,15,19,21H,5-6,9-10H2,1-2H3/t12-,13+,15+,17?. The third-order valence-electron chi connectivity index (χ3n) is 5.16. The number of rotatable bonds is 3. The van der Waals surface area contributed by atoms with Crippen LogP contribution in [0.25, 0.3) is 0 Å². The second kappa shape index (κ2) is 5.56. The summed E-state index contributed by atoms with van der Waals surface area (Å²) in [7, 11) is 2.13. The number of carbonyl (C=O) groups is 1. The molecule has 1 unspecified atom stereocenters. The monoisotopic (exact) mass is 305 g/mol. The summed E-state index contributed by atoms with van der Waals surface area (Å²) in [6, 6.07) is 6.94. The van der Waals surface area contributed by atoms with Crippen LogP contribution in [-0.4, -0.2) is 46.3 Å². The van der Waals surface area contributed by atoms with Gasteiger partial charge in [0.15, 0.2) is 5.60 Å². The Morgan fingerprint density at radius 2 is 1.77 bits per heavy atom. The zero-order chi connectivity index (χ0) is 15.9. The van der Waals surface area contributed by atoms with E-state index in [4.69, 9.17) is 4.74 Å². The molecule has 2 aliphatic heterocycles. The smallest absolute Gasteiger partial charge is 0.342 e. The fraction of sp³-hybridized carbons (Fsp3) is 0.588. The summed E-state index contributed by atoms with van der Waals surface area (Å²) in [4.78, 5) is 14.8. The molecule has 2 N–H and O–H groups in total. The zero-order valence-electron chi connectivity index (χ0n) is 13.0. The minimum absolute atomic E-state index is 0.0970. The number of carbonyl (C=O) groups excluding carboxylic acids is 1. The highest BCUT2D eigenvalue weighted by atomic mass is 16.6. The molecule has 2 bridgehead atoms. The van der Waals surface area contributed by atoms with Gasteiger partial charge in [0.25, 0.3) is 0 Å². The molecule has 5 nitrogen and oxygen atoms in total. The fourth-order valence-corrected chi connectivity index (χ4v) is 3.63. The van der Waals surface area contributed by atoms with Crippen molar-refractivity contribution in [2.24, 2.45) is 0 Å². The number of benzene rings is 1. The Kier molecular flexibility index (Phi) is 3.87. The van der Waals surface area contributed by atoms with E-state index in [0.29, 0.717) is 17.6 Å². The average molecular weight is 305 g/mol. The lowest BCUT2D eigenvalue weighted by atomic mass is 9.95. The maximum absolute atomic E-state index is 12.4. The maximum atomic E-state index is 12.4. The molecule has 3 rings (SSSR count). The Morgan fingerprint density at radius 1 is 1.23 bits per heavy atom. The molecule has 2 heterocycles. The van der Waals surface area contributed by atoms with Gasteiger partial charge in [-0.1, -0.05) is 12.1 Å². The highest BCUT2D eigenvalue weighted by molar-refractivity contribution is 5.80. The van der Waals surface area contributed by atoms with Gasteiger partial charge in [-0.15, -0.1) is 0 Å². The molecule has 0 aliphatic carbocycles. The van der Waals surface area contributed by atoms with Crippen molar-refractivity contribution in [3.63, 3.8) is 0 Å². The first kappa shape index (κ1) is 15.3.